The Kier molecular flexibility index (Phi) is 6.43. The number of aromatic nitrogens is 1. The number of nitrogens with two attached hydrogens (primary N) is 1. The first-order chi connectivity index (χ1) is 15.7. The minimum absolute atomic E-state index is 0.178. The molecule has 1 aromatic carbocycles. The number of rotatable bonds is 5. The second-order valence-corrected chi connectivity index (χ2v) is 8.51. The van der Waals surface area contributed by atoms with E-state index in [9.17, 15) is 22.8 Å². The lowest BCUT2D eigenvalue weighted by atomic mass is 9.98. The number of carbonyl (C=O) groups excluding carboxylic acids is 2. The van der Waals surface area contributed by atoms with Crippen molar-refractivity contribution in [2.24, 2.45) is 5.73 Å². The monoisotopic (exact) mass is 476 g/mol. The minimum atomic E-state index is -4.78. The zero-order valence-electron chi connectivity index (χ0n) is 17.1. The van der Waals surface area contributed by atoms with E-state index in [-0.39, 0.29) is 24.0 Å². The summed E-state index contributed by atoms with van der Waals surface area (Å²) in [6.45, 7) is 0.178. The number of ketones is 1. The number of carbonyl (C=O) groups is 2. The molecule has 4 rings (SSSR count). The normalized spacial score (nSPS) is 20.5. The molecule has 1 amide bonds. The number of anilines is 1. The molecule has 2 aliphatic heterocycles. The van der Waals surface area contributed by atoms with E-state index in [2.05, 4.69) is 15.0 Å². The van der Waals surface area contributed by atoms with Crippen LogP contribution in [0.4, 0.5) is 18.9 Å². The number of pyridine rings is 1. The Balaban J connectivity index is 1.58. The van der Waals surface area contributed by atoms with Crippen LogP contribution < -0.4 is 15.8 Å². The maximum absolute atomic E-state index is 12.8. The van der Waals surface area contributed by atoms with Crippen LogP contribution in [0.5, 0.6) is 5.75 Å². The van der Waals surface area contributed by atoms with Gasteiger partial charge < -0.3 is 20.7 Å². The number of alkyl halides is 3. The summed E-state index contributed by atoms with van der Waals surface area (Å²) in [6, 6.07) is 7.42. The Bertz CT molecular complexity index is 1100. The number of benzene rings is 1. The van der Waals surface area contributed by atoms with Crippen LogP contribution in [0.15, 0.2) is 71.5 Å². The van der Waals surface area contributed by atoms with Gasteiger partial charge in [0.15, 0.2) is 5.78 Å². The zero-order chi connectivity index (χ0) is 23.6. The van der Waals surface area contributed by atoms with Crippen LogP contribution in [0.25, 0.3) is 0 Å². The van der Waals surface area contributed by atoms with Gasteiger partial charge >= 0.3 is 6.36 Å². The second kappa shape index (κ2) is 9.28. The molecule has 1 saturated heterocycles. The molecule has 0 radical (unpaired) electrons. The Labute approximate surface area is 191 Å². The smallest absolute Gasteiger partial charge is 0.406 e. The second-order valence-electron chi connectivity index (χ2n) is 7.41. The number of thioether (sulfide) groups is 1. The van der Waals surface area contributed by atoms with Crippen LogP contribution in [-0.4, -0.2) is 45.8 Å². The van der Waals surface area contributed by atoms with Crippen LogP contribution in [-0.2, 0) is 16.1 Å². The SMILES string of the molecule is N[C@H]1CSC2=CC(C(=O)Nc3cccnc3)=CN(Cc3ccc(OC(F)(F)F)cc3)C2C1=O. The fraction of sp³-hybridized carbons (Fsp3) is 0.227. The predicted octanol–water partition coefficient (Wildman–Crippen LogP) is 3.21. The summed E-state index contributed by atoms with van der Waals surface area (Å²) in [5, 5.41) is 2.76. The van der Waals surface area contributed by atoms with Crippen molar-refractivity contribution in [1.29, 1.82) is 0 Å². The Morgan fingerprint density at radius 3 is 2.70 bits per heavy atom. The molecule has 33 heavy (non-hydrogen) atoms. The number of Topliss-reactive ketones (excluding diaryl/α,β-unsaturated/α-hetero) is 1. The van der Waals surface area contributed by atoms with Crippen molar-refractivity contribution in [3.05, 3.63) is 77.1 Å². The van der Waals surface area contributed by atoms with Gasteiger partial charge in [-0.1, -0.05) is 12.1 Å². The molecule has 3 N–H and O–H groups in total. The number of amides is 1. The van der Waals surface area contributed by atoms with Gasteiger partial charge in [-0.2, -0.15) is 0 Å². The van der Waals surface area contributed by atoms with Gasteiger partial charge in [-0.25, -0.2) is 0 Å². The first-order valence-corrected chi connectivity index (χ1v) is 10.9. The molecule has 3 heterocycles. The highest BCUT2D eigenvalue weighted by Gasteiger charge is 2.39. The third-order valence-corrected chi connectivity index (χ3v) is 6.17. The van der Waals surface area contributed by atoms with Gasteiger partial charge in [-0.15, -0.1) is 24.9 Å². The zero-order valence-corrected chi connectivity index (χ0v) is 17.9. The van der Waals surface area contributed by atoms with E-state index >= 15 is 0 Å². The number of ether oxygens (including phenoxy) is 1. The molecule has 2 aliphatic rings. The lowest BCUT2D eigenvalue weighted by Gasteiger charge is -2.39. The van der Waals surface area contributed by atoms with E-state index < -0.39 is 18.4 Å². The van der Waals surface area contributed by atoms with Crippen LogP contribution in [0, 0.1) is 0 Å². The lowest BCUT2D eigenvalue weighted by Crippen LogP contribution is -2.52. The predicted molar refractivity (Wildman–Crippen MR) is 117 cm³/mol. The van der Waals surface area contributed by atoms with E-state index in [1.165, 1.54) is 42.2 Å². The molecule has 7 nitrogen and oxygen atoms in total. The van der Waals surface area contributed by atoms with Gasteiger partial charge in [0.2, 0.25) is 0 Å². The van der Waals surface area contributed by atoms with Gasteiger partial charge in [0.25, 0.3) is 5.91 Å². The van der Waals surface area contributed by atoms with Gasteiger partial charge in [-0.05, 0) is 35.9 Å². The minimum Gasteiger partial charge on any atom is -0.406 e. The van der Waals surface area contributed by atoms with Gasteiger partial charge in [0.05, 0.1) is 23.5 Å². The molecule has 0 spiro atoms. The molecule has 0 bridgehead atoms. The van der Waals surface area contributed by atoms with E-state index in [4.69, 9.17) is 5.73 Å². The molecule has 2 atom stereocenters. The summed E-state index contributed by atoms with van der Waals surface area (Å²) in [5.41, 5.74) is 7.44. The summed E-state index contributed by atoms with van der Waals surface area (Å²) in [4.78, 5) is 32.0. The van der Waals surface area contributed by atoms with Crippen molar-refractivity contribution in [2.75, 3.05) is 11.1 Å². The molecule has 2 aromatic rings. The van der Waals surface area contributed by atoms with Crippen molar-refractivity contribution in [3.63, 3.8) is 0 Å². The molecule has 1 fully saturated rings. The number of nitrogens with zero attached hydrogens (tertiary/aromatic N) is 2. The number of fused-ring (bicyclic) bond motifs is 1. The molecule has 0 saturated carbocycles. The Morgan fingerprint density at radius 2 is 2.03 bits per heavy atom. The number of hydrogen-bond acceptors (Lipinski definition) is 7. The summed E-state index contributed by atoms with van der Waals surface area (Å²) >= 11 is 1.40. The molecular formula is C22H19F3N4O3S. The molecule has 1 aromatic heterocycles. The number of halogens is 3. The highest BCUT2D eigenvalue weighted by atomic mass is 32.2. The van der Waals surface area contributed by atoms with E-state index in [0.717, 1.165) is 0 Å². The number of hydrogen-bond donors (Lipinski definition) is 2. The average Bonchev–Trinajstić information content (AvgIpc) is 2.77. The summed E-state index contributed by atoms with van der Waals surface area (Å²) in [5.74, 6) is -0.504. The first kappa shape index (κ1) is 22.9. The molecule has 0 aliphatic carbocycles. The van der Waals surface area contributed by atoms with Crippen molar-refractivity contribution >= 4 is 29.1 Å². The molecule has 1 unspecified atom stereocenters. The maximum atomic E-state index is 12.8. The average molecular weight is 476 g/mol. The molecule has 11 heteroatoms. The quantitative estimate of drug-likeness (QED) is 0.684. The van der Waals surface area contributed by atoms with Gasteiger partial charge in [0.1, 0.15) is 11.8 Å². The van der Waals surface area contributed by atoms with E-state index in [1.807, 2.05) is 0 Å². The van der Waals surface area contributed by atoms with Crippen LogP contribution in [0.2, 0.25) is 0 Å². The Morgan fingerprint density at radius 1 is 1.27 bits per heavy atom. The molecular weight excluding hydrogens is 457 g/mol. The fourth-order valence-electron chi connectivity index (χ4n) is 3.49. The third-order valence-electron chi connectivity index (χ3n) is 4.97. The van der Waals surface area contributed by atoms with Gasteiger partial charge in [-0.3, -0.25) is 14.6 Å². The number of nitrogens with one attached hydrogen (secondary N) is 1. The van der Waals surface area contributed by atoms with E-state index in [0.29, 0.717) is 27.5 Å². The summed E-state index contributed by atoms with van der Waals surface area (Å²) in [7, 11) is 0. The van der Waals surface area contributed by atoms with Crippen LogP contribution >= 0.6 is 11.8 Å². The first-order valence-electron chi connectivity index (χ1n) is 9.87. The summed E-state index contributed by atoms with van der Waals surface area (Å²) in [6.07, 6.45) is 1.55. The summed E-state index contributed by atoms with van der Waals surface area (Å²) < 4.78 is 41.2. The van der Waals surface area contributed by atoms with Crippen LogP contribution in [0.3, 0.4) is 0 Å². The highest BCUT2D eigenvalue weighted by Crippen LogP contribution is 2.36. The van der Waals surface area contributed by atoms with Crippen molar-refractivity contribution in [3.8, 4) is 5.75 Å². The van der Waals surface area contributed by atoms with Crippen LogP contribution in [0.1, 0.15) is 5.56 Å². The van der Waals surface area contributed by atoms with Crippen molar-refractivity contribution < 1.29 is 27.5 Å². The standard InChI is InChI=1S/C22H19F3N4O3S/c23-22(24,25)32-16-5-3-13(4-6-16)10-29-11-14(21(31)28-15-2-1-7-27-9-15)8-18-19(29)20(30)17(26)12-33-18/h1-9,11,17,19H,10,12,26H2,(H,28,31)/t17-,19?/m0/s1. The maximum Gasteiger partial charge on any atom is 0.573 e. The third kappa shape index (κ3) is 5.55. The van der Waals surface area contributed by atoms with E-state index in [1.54, 1.807) is 35.5 Å². The topological polar surface area (TPSA) is 97.6 Å². The fourth-order valence-corrected chi connectivity index (χ4v) is 4.65. The lowest BCUT2D eigenvalue weighted by molar-refractivity contribution is -0.274. The Hall–Kier alpha value is -3.31. The molecule has 172 valence electrons. The highest BCUT2D eigenvalue weighted by molar-refractivity contribution is 8.03. The van der Waals surface area contributed by atoms with Crippen molar-refractivity contribution in [2.45, 2.75) is 25.0 Å². The van der Waals surface area contributed by atoms with Gasteiger partial charge in [0, 0.05) is 29.6 Å². The largest absolute Gasteiger partial charge is 0.573 e. The van der Waals surface area contributed by atoms with Crippen molar-refractivity contribution in [1.82, 2.24) is 9.88 Å².